The van der Waals surface area contributed by atoms with Crippen molar-refractivity contribution >= 4 is 30.0 Å². The number of aliphatic hydroxyl groups is 1. The van der Waals surface area contributed by atoms with E-state index in [1.807, 2.05) is 109 Å². The Balaban J connectivity index is 1.18. The van der Waals surface area contributed by atoms with Gasteiger partial charge >= 0.3 is 18.2 Å². The smallest absolute Gasteiger partial charge is 0.407 e. The normalized spacial score (nSPS) is 13.4. The van der Waals surface area contributed by atoms with Crippen molar-refractivity contribution in [1.82, 2.24) is 21.3 Å². The Labute approximate surface area is 375 Å². The van der Waals surface area contributed by atoms with Crippen LogP contribution in [0.5, 0.6) is 0 Å². The van der Waals surface area contributed by atoms with Crippen molar-refractivity contribution in [3.63, 3.8) is 0 Å². The van der Waals surface area contributed by atoms with Crippen molar-refractivity contribution < 1.29 is 43.3 Å². The summed E-state index contributed by atoms with van der Waals surface area (Å²) in [4.78, 5) is 66.2. The van der Waals surface area contributed by atoms with Gasteiger partial charge in [0.05, 0.1) is 24.6 Å². The molecule has 0 spiro atoms. The zero-order valence-corrected chi connectivity index (χ0v) is 36.3. The lowest BCUT2D eigenvalue weighted by Crippen LogP contribution is -2.46. The third-order valence-corrected chi connectivity index (χ3v) is 11.0. The number of aliphatic hydroxyl groups excluding tert-OH is 1. The maximum atomic E-state index is 13.8. The summed E-state index contributed by atoms with van der Waals surface area (Å²) in [5.41, 5.74) is 6.09. The van der Waals surface area contributed by atoms with E-state index in [1.165, 1.54) is 0 Å². The Bertz CT molecular complexity index is 2100. The van der Waals surface area contributed by atoms with Crippen molar-refractivity contribution in [2.24, 2.45) is 5.92 Å². The van der Waals surface area contributed by atoms with Crippen LogP contribution in [0.1, 0.15) is 73.1 Å². The number of fused-ring (bicyclic) bond motifs is 3. The van der Waals surface area contributed by atoms with Gasteiger partial charge in [0.2, 0.25) is 11.8 Å². The third kappa shape index (κ3) is 15.3. The van der Waals surface area contributed by atoms with E-state index in [0.29, 0.717) is 38.6 Å². The van der Waals surface area contributed by atoms with E-state index in [9.17, 15) is 29.1 Å². The number of benzene rings is 4. The zero-order chi connectivity index (χ0) is 45.5. The minimum atomic E-state index is -1.07. The van der Waals surface area contributed by atoms with Gasteiger partial charge in [-0.3, -0.25) is 9.59 Å². The summed E-state index contributed by atoms with van der Waals surface area (Å²) in [6.45, 7) is 7.53. The van der Waals surface area contributed by atoms with Crippen LogP contribution in [-0.2, 0) is 41.6 Å². The summed E-state index contributed by atoms with van der Waals surface area (Å²) in [5, 5.41) is 21.2. The number of hydrogen-bond donors (Lipinski definition) is 5. The summed E-state index contributed by atoms with van der Waals surface area (Å²) < 4.78 is 16.8. The van der Waals surface area contributed by atoms with Crippen LogP contribution in [0.3, 0.4) is 0 Å². The Kier molecular flexibility index (Phi) is 19.6. The van der Waals surface area contributed by atoms with Gasteiger partial charge in [0, 0.05) is 18.9 Å². The van der Waals surface area contributed by atoms with Gasteiger partial charge in [0.1, 0.15) is 25.9 Å². The first kappa shape index (κ1) is 48.3. The van der Waals surface area contributed by atoms with Crippen LogP contribution in [-0.4, -0.2) is 79.6 Å². The molecule has 0 unspecified atom stereocenters. The second kappa shape index (κ2) is 26.0. The molecule has 5 rings (SSSR count). The number of carbonyl (C=O) groups is 5. The molecule has 4 aromatic rings. The summed E-state index contributed by atoms with van der Waals surface area (Å²) in [5.74, 6) is -2.54. The lowest BCUT2D eigenvalue weighted by Gasteiger charge is -2.24. The fourth-order valence-electron chi connectivity index (χ4n) is 7.65. The number of allylic oxidation sites excluding steroid dienone is 2. The van der Waals surface area contributed by atoms with Gasteiger partial charge in [0.15, 0.2) is 0 Å². The quantitative estimate of drug-likeness (QED) is 0.0187. The molecule has 4 atom stereocenters. The lowest BCUT2D eigenvalue weighted by molar-refractivity contribution is -0.147. The van der Waals surface area contributed by atoms with Crippen molar-refractivity contribution in [1.29, 1.82) is 0 Å². The highest BCUT2D eigenvalue weighted by Gasteiger charge is 2.31. The molecule has 4 amide bonds. The first-order chi connectivity index (χ1) is 31.2. The largest absolute Gasteiger partial charge is 0.462 e. The minimum absolute atomic E-state index is 0.0639. The van der Waals surface area contributed by atoms with Crippen molar-refractivity contribution in [2.75, 3.05) is 26.4 Å². The van der Waals surface area contributed by atoms with Gasteiger partial charge in [-0.15, -0.1) is 13.2 Å². The predicted molar refractivity (Wildman–Crippen MR) is 245 cm³/mol. The van der Waals surface area contributed by atoms with Gasteiger partial charge in [-0.1, -0.05) is 121 Å². The lowest BCUT2D eigenvalue weighted by atomic mass is 9.98. The molecule has 338 valence electrons. The molecule has 5 N–H and O–H groups in total. The fraction of sp³-hybridized carbons (Fsp3) is 0.353. The van der Waals surface area contributed by atoms with Crippen LogP contribution in [0.15, 0.2) is 135 Å². The monoisotopic (exact) mass is 872 g/mol. The van der Waals surface area contributed by atoms with Crippen LogP contribution in [0.2, 0.25) is 0 Å². The number of rotatable bonds is 26. The number of esters is 1. The molecule has 0 aliphatic heterocycles. The summed E-state index contributed by atoms with van der Waals surface area (Å²) >= 11 is 0. The number of amides is 4. The molecule has 13 nitrogen and oxygen atoms in total. The van der Waals surface area contributed by atoms with E-state index in [4.69, 9.17) is 14.2 Å². The van der Waals surface area contributed by atoms with E-state index < -0.39 is 54.0 Å². The Morgan fingerprint density at radius 3 is 1.95 bits per heavy atom. The zero-order valence-electron chi connectivity index (χ0n) is 36.3. The molecule has 0 heterocycles. The minimum Gasteiger partial charge on any atom is -0.462 e. The van der Waals surface area contributed by atoms with Gasteiger partial charge in [-0.05, 0) is 78.3 Å². The number of ether oxygens (including phenoxy) is 3. The SMILES string of the molecule is C=CCC[C@H](NC(=O)OCC1c2ccccc2-c2ccccc21)C(=O)OC[C@H](CCCCNC(=O)OCc1ccccc1)NC(=O)[C@H](CC=C)CC(=O)N[C@@H](CO)Cc1ccccc1. The molecule has 0 saturated heterocycles. The van der Waals surface area contributed by atoms with Gasteiger partial charge in [0.25, 0.3) is 0 Å². The van der Waals surface area contributed by atoms with Crippen LogP contribution >= 0.6 is 0 Å². The number of hydrogen-bond acceptors (Lipinski definition) is 9. The fourth-order valence-corrected chi connectivity index (χ4v) is 7.65. The van der Waals surface area contributed by atoms with Crippen molar-refractivity contribution in [3.05, 3.63) is 157 Å². The van der Waals surface area contributed by atoms with Crippen LogP contribution in [0, 0.1) is 5.92 Å². The van der Waals surface area contributed by atoms with E-state index in [-0.39, 0.29) is 51.6 Å². The molecule has 0 aromatic heterocycles. The van der Waals surface area contributed by atoms with E-state index in [0.717, 1.165) is 33.4 Å². The first-order valence-electron chi connectivity index (χ1n) is 21.9. The van der Waals surface area contributed by atoms with E-state index >= 15 is 0 Å². The molecule has 13 heteroatoms. The molecule has 0 bridgehead atoms. The maximum Gasteiger partial charge on any atom is 0.407 e. The second-order valence-corrected chi connectivity index (χ2v) is 15.8. The second-order valence-electron chi connectivity index (χ2n) is 15.8. The predicted octanol–water partition coefficient (Wildman–Crippen LogP) is 7.29. The molecular formula is C51H60N4O9. The maximum absolute atomic E-state index is 13.8. The summed E-state index contributed by atoms with van der Waals surface area (Å²) in [6, 6.07) is 32.5. The highest BCUT2D eigenvalue weighted by molar-refractivity contribution is 5.86. The number of unbranched alkanes of at least 4 members (excludes halogenated alkanes) is 1. The highest BCUT2D eigenvalue weighted by Crippen LogP contribution is 2.44. The Hall–Kier alpha value is -6.73. The van der Waals surface area contributed by atoms with Crippen LogP contribution in [0.25, 0.3) is 11.1 Å². The first-order valence-corrected chi connectivity index (χ1v) is 21.9. The molecule has 4 aromatic carbocycles. The number of nitrogens with one attached hydrogen (secondary N) is 4. The van der Waals surface area contributed by atoms with Crippen molar-refractivity contribution in [3.8, 4) is 11.1 Å². The Morgan fingerprint density at radius 2 is 1.31 bits per heavy atom. The highest BCUT2D eigenvalue weighted by atomic mass is 16.6. The molecule has 1 aliphatic carbocycles. The van der Waals surface area contributed by atoms with Gasteiger partial charge < -0.3 is 40.6 Å². The van der Waals surface area contributed by atoms with Gasteiger partial charge in [-0.2, -0.15) is 0 Å². The molecular weight excluding hydrogens is 813 g/mol. The van der Waals surface area contributed by atoms with Crippen LogP contribution < -0.4 is 21.3 Å². The summed E-state index contributed by atoms with van der Waals surface area (Å²) in [7, 11) is 0. The van der Waals surface area contributed by atoms with E-state index in [2.05, 4.69) is 34.4 Å². The molecule has 0 fully saturated rings. The standard InChI is InChI=1S/C51H60N4O9/c1-3-5-28-46(55-51(61)64-35-45-43-26-14-12-24-41(43)42-25-13-15-27-44(42)45)49(59)62-34-39(23-16-17-29-52-50(60)63-33-37-21-10-7-11-22-37)54-48(58)38(18-4-2)31-47(57)53-40(32-56)30-36-19-8-6-9-20-36/h3-4,6-15,19-22,24-27,38-40,45-46,56H,1-2,5,16-18,23,28-35H2,(H,52,60)(H,53,57)(H,54,58)(H,55,61)/t38-,39+,40-,46+/m1/s1. The molecule has 0 radical (unpaired) electrons. The topological polar surface area (TPSA) is 181 Å². The van der Waals surface area contributed by atoms with Crippen molar-refractivity contribution in [2.45, 2.75) is 82.0 Å². The summed E-state index contributed by atoms with van der Waals surface area (Å²) in [6.07, 6.45) is 4.29. The third-order valence-electron chi connectivity index (χ3n) is 11.0. The molecule has 0 saturated carbocycles. The van der Waals surface area contributed by atoms with Gasteiger partial charge in [-0.25, -0.2) is 14.4 Å². The van der Waals surface area contributed by atoms with E-state index in [1.54, 1.807) is 12.2 Å². The number of alkyl carbamates (subject to hydrolysis) is 2. The molecule has 64 heavy (non-hydrogen) atoms. The van der Waals surface area contributed by atoms with Crippen LogP contribution in [0.4, 0.5) is 9.59 Å². The average molecular weight is 873 g/mol. The molecule has 1 aliphatic rings. The average Bonchev–Trinajstić information content (AvgIpc) is 3.63. The number of carbonyl (C=O) groups excluding carboxylic acids is 5. The Morgan fingerprint density at radius 1 is 0.672 bits per heavy atom.